The first kappa shape index (κ1) is 15.0. The molecule has 0 saturated heterocycles. The number of hydrogen-bond donors (Lipinski definition) is 1. The van der Waals surface area contributed by atoms with E-state index in [1.165, 1.54) is 0 Å². The molecule has 2 N–H and O–H groups in total. The van der Waals surface area contributed by atoms with Crippen LogP contribution in [0.15, 0.2) is 12.3 Å². The maximum atomic E-state index is 5.61. The topological polar surface area (TPSA) is 50.3 Å². The summed E-state index contributed by atoms with van der Waals surface area (Å²) in [5, 5.41) is 4.21. The lowest BCUT2D eigenvalue weighted by Gasteiger charge is -2.25. The van der Waals surface area contributed by atoms with E-state index in [0.717, 1.165) is 32.7 Å². The Hall–Kier alpha value is -1.07. The molecule has 5 nitrogen and oxygen atoms in total. The van der Waals surface area contributed by atoms with Crippen LogP contribution in [0.25, 0.3) is 0 Å². The summed E-state index contributed by atoms with van der Waals surface area (Å²) in [5.41, 5.74) is 5.61. The molecule has 18 heavy (non-hydrogen) atoms. The molecule has 0 atom stereocenters. The van der Waals surface area contributed by atoms with Crippen LogP contribution < -0.4 is 5.73 Å². The molecule has 1 aromatic heterocycles. The van der Waals surface area contributed by atoms with E-state index in [4.69, 9.17) is 5.73 Å². The number of aromatic nitrogens is 2. The highest BCUT2D eigenvalue weighted by Gasteiger charge is 2.08. The number of likely N-dealkylation sites (N-methyl/N-ethyl adjacent to an activating group) is 1. The Labute approximate surface area is 111 Å². The van der Waals surface area contributed by atoms with E-state index in [1.807, 2.05) is 16.9 Å². The quantitative estimate of drug-likeness (QED) is 0.750. The molecule has 1 aromatic rings. The maximum Gasteiger partial charge on any atom is 0.145 e. The number of anilines is 1. The van der Waals surface area contributed by atoms with Crippen molar-refractivity contribution < 1.29 is 0 Å². The standard InChI is InChI=1S/C13H27N5/c1-12(2)11-17(8-7-16(3)4)9-10-18-6-5-13(14)15-18/h5-6,12H,7-11H2,1-4H3,(H2,14,15). The molecule has 104 valence electrons. The van der Waals surface area contributed by atoms with Gasteiger partial charge in [0.1, 0.15) is 5.82 Å². The number of nitrogen functional groups attached to an aromatic ring is 1. The summed E-state index contributed by atoms with van der Waals surface area (Å²) in [4.78, 5) is 4.71. The van der Waals surface area contributed by atoms with E-state index in [2.05, 4.69) is 42.8 Å². The van der Waals surface area contributed by atoms with Crippen LogP contribution in [0.5, 0.6) is 0 Å². The third-order valence-corrected chi connectivity index (χ3v) is 2.79. The fraction of sp³-hybridized carbons (Fsp3) is 0.769. The van der Waals surface area contributed by atoms with Gasteiger partial charge in [0, 0.05) is 32.4 Å². The van der Waals surface area contributed by atoms with Gasteiger partial charge in [0.2, 0.25) is 0 Å². The van der Waals surface area contributed by atoms with E-state index in [0.29, 0.717) is 11.7 Å². The summed E-state index contributed by atoms with van der Waals surface area (Å²) < 4.78 is 1.92. The predicted molar refractivity (Wildman–Crippen MR) is 76.5 cm³/mol. The molecule has 0 saturated carbocycles. The molecule has 0 unspecified atom stereocenters. The van der Waals surface area contributed by atoms with Gasteiger partial charge >= 0.3 is 0 Å². The van der Waals surface area contributed by atoms with Crippen molar-refractivity contribution in [1.82, 2.24) is 19.6 Å². The van der Waals surface area contributed by atoms with Gasteiger partial charge in [-0.2, -0.15) is 5.10 Å². The molecule has 0 amide bonds. The van der Waals surface area contributed by atoms with E-state index in [1.54, 1.807) is 0 Å². The lowest BCUT2D eigenvalue weighted by molar-refractivity contribution is 0.209. The van der Waals surface area contributed by atoms with Gasteiger partial charge in [0.25, 0.3) is 0 Å². The highest BCUT2D eigenvalue weighted by molar-refractivity contribution is 5.23. The summed E-state index contributed by atoms with van der Waals surface area (Å²) in [6.45, 7) is 9.76. The van der Waals surface area contributed by atoms with E-state index in [9.17, 15) is 0 Å². The molecule has 0 aliphatic heterocycles. The van der Waals surface area contributed by atoms with Crippen molar-refractivity contribution in [2.75, 3.05) is 46.0 Å². The average molecular weight is 253 g/mol. The van der Waals surface area contributed by atoms with Crippen LogP contribution in [0, 0.1) is 5.92 Å². The summed E-state index contributed by atoms with van der Waals surface area (Å²) in [7, 11) is 4.23. The highest BCUT2D eigenvalue weighted by Crippen LogP contribution is 2.01. The number of nitrogens with two attached hydrogens (primary N) is 1. The first-order valence-corrected chi connectivity index (χ1v) is 6.63. The van der Waals surface area contributed by atoms with Crippen molar-refractivity contribution in [3.8, 4) is 0 Å². The Morgan fingerprint density at radius 1 is 1.28 bits per heavy atom. The van der Waals surface area contributed by atoms with E-state index < -0.39 is 0 Å². The molecular weight excluding hydrogens is 226 g/mol. The molecule has 5 heteroatoms. The molecule has 0 fully saturated rings. The van der Waals surface area contributed by atoms with Gasteiger partial charge in [0.15, 0.2) is 0 Å². The Morgan fingerprint density at radius 2 is 2.00 bits per heavy atom. The fourth-order valence-electron chi connectivity index (χ4n) is 1.90. The van der Waals surface area contributed by atoms with Crippen molar-refractivity contribution in [2.45, 2.75) is 20.4 Å². The zero-order valence-corrected chi connectivity index (χ0v) is 12.1. The highest BCUT2D eigenvalue weighted by atomic mass is 15.3. The smallest absolute Gasteiger partial charge is 0.145 e. The summed E-state index contributed by atoms with van der Waals surface area (Å²) >= 11 is 0. The van der Waals surface area contributed by atoms with E-state index >= 15 is 0 Å². The van der Waals surface area contributed by atoms with Crippen molar-refractivity contribution >= 4 is 5.82 Å². The van der Waals surface area contributed by atoms with Gasteiger partial charge < -0.3 is 10.6 Å². The van der Waals surface area contributed by atoms with Crippen LogP contribution in [0.3, 0.4) is 0 Å². The van der Waals surface area contributed by atoms with Gasteiger partial charge in [-0.05, 0) is 26.1 Å². The van der Waals surface area contributed by atoms with Crippen molar-refractivity contribution in [3.63, 3.8) is 0 Å². The third-order valence-electron chi connectivity index (χ3n) is 2.79. The minimum Gasteiger partial charge on any atom is -0.382 e. The predicted octanol–water partition coefficient (Wildman–Crippen LogP) is 0.985. The zero-order chi connectivity index (χ0) is 13.5. The summed E-state index contributed by atoms with van der Waals surface area (Å²) in [6.07, 6.45) is 1.94. The number of hydrogen-bond acceptors (Lipinski definition) is 4. The second-order valence-electron chi connectivity index (χ2n) is 5.50. The van der Waals surface area contributed by atoms with Crippen LogP contribution in [-0.2, 0) is 6.54 Å². The van der Waals surface area contributed by atoms with Crippen LogP contribution in [0.2, 0.25) is 0 Å². The summed E-state index contributed by atoms with van der Waals surface area (Å²) in [6, 6.07) is 1.84. The Bertz CT molecular complexity index is 332. The van der Waals surface area contributed by atoms with Crippen LogP contribution in [-0.4, -0.2) is 59.9 Å². The largest absolute Gasteiger partial charge is 0.382 e. The van der Waals surface area contributed by atoms with Gasteiger partial charge in [0.05, 0.1) is 6.54 Å². The average Bonchev–Trinajstić information content (AvgIpc) is 2.67. The van der Waals surface area contributed by atoms with Crippen molar-refractivity contribution in [1.29, 1.82) is 0 Å². The Balaban J connectivity index is 2.39. The normalized spacial score (nSPS) is 11.9. The molecule has 0 radical (unpaired) electrons. The molecular formula is C13H27N5. The minimum atomic E-state index is 0.596. The number of nitrogens with zero attached hydrogens (tertiary/aromatic N) is 4. The van der Waals surface area contributed by atoms with Crippen LogP contribution in [0.4, 0.5) is 5.82 Å². The number of rotatable bonds is 8. The minimum absolute atomic E-state index is 0.596. The Kier molecular flexibility index (Phi) is 6.15. The van der Waals surface area contributed by atoms with Crippen LogP contribution >= 0.6 is 0 Å². The van der Waals surface area contributed by atoms with Gasteiger partial charge in [-0.3, -0.25) is 9.58 Å². The molecule has 1 heterocycles. The van der Waals surface area contributed by atoms with Crippen molar-refractivity contribution in [2.24, 2.45) is 5.92 Å². The molecule has 0 spiro atoms. The van der Waals surface area contributed by atoms with Gasteiger partial charge in [-0.1, -0.05) is 13.8 Å². The molecule has 0 aliphatic carbocycles. The molecule has 1 rings (SSSR count). The molecule has 0 aliphatic rings. The lowest BCUT2D eigenvalue weighted by atomic mass is 10.2. The van der Waals surface area contributed by atoms with Gasteiger partial charge in [-0.15, -0.1) is 0 Å². The maximum absolute atomic E-state index is 5.61. The first-order valence-electron chi connectivity index (χ1n) is 6.63. The third kappa shape index (κ3) is 6.02. The summed E-state index contributed by atoms with van der Waals surface area (Å²) in [5.74, 6) is 1.29. The lowest BCUT2D eigenvalue weighted by Crippen LogP contribution is -2.36. The van der Waals surface area contributed by atoms with E-state index in [-0.39, 0.29) is 0 Å². The fourth-order valence-corrected chi connectivity index (χ4v) is 1.90. The molecule has 0 bridgehead atoms. The second-order valence-corrected chi connectivity index (χ2v) is 5.50. The SMILES string of the molecule is CC(C)CN(CCN(C)C)CCn1ccc(N)n1. The van der Waals surface area contributed by atoms with Crippen molar-refractivity contribution in [3.05, 3.63) is 12.3 Å². The van der Waals surface area contributed by atoms with Crippen LogP contribution in [0.1, 0.15) is 13.8 Å². The monoisotopic (exact) mass is 253 g/mol. The molecule has 0 aromatic carbocycles. The second kappa shape index (κ2) is 7.38. The first-order chi connectivity index (χ1) is 8.47. The zero-order valence-electron chi connectivity index (χ0n) is 12.1. The Morgan fingerprint density at radius 3 is 2.50 bits per heavy atom. The van der Waals surface area contributed by atoms with Gasteiger partial charge in [-0.25, -0.2) is 0 Å².